The van der Waals surface area contributed by atoms with E-state index in [1.807, 2.05) is 25.1 Å². The summed E-state index contributed by atoms with van der Waals surface area (Å²) in [5.41, 5.74) is 4.26. The van der Waals surface area contributed by atoms with Crippen LogP contribution in [0.2, 0.25) is 0 Å². The van der Waals surface area contributed by atoms with Gasteiger partial charge in [-0.1, -0.05) is 12.1 Å². The third-order valence-corrected chi connectivity index (χ3v) is 6.79. The minimum absolute atomic E-state index is 0.0317. The van der Waals surface area contributed by atoms with Crippen LogP contribution in [0, 0.1) is 5.92 Å². The van der Waals surface area contributed by atoms with Gasteiger partial charge in [0.05, 0.1) is 13.2 Å². The van der Waals surface area contributed by atoms with E-state index < -0.39 is 0 Å². The third-order valence-electron chi connectivity index (χ3n) is 6.79. The van der Waals surface area contributed by atoms with Crippen molar-refractivity contribution in [1.29, 1.82) is 0 Å². The second kappa shape index (κ2) is 10.8. The number of nitrogens with one attached hydrogen (secondary N) is 1. The standard InChI is InChI=1S/C27H35N3O3/c1-3-33-25-9-6-21(7-10-25)4-5-22-12-15-29(16-13-22)19-27(32)28-24-8-11-26-23(18-24)14-17-30(26)20(2)31/h6-11,18,22H,3-5,12-17,19H2,1-2H3,(H,28,32). The second-order valence-electron chi connectivity index (χ2n) is 9.15. The van der Waals surface area contributed by atoms with Crippen molar-refractivity contribution in [1.82, 2.24) is 4.90 Å². The van der Waals surface area contributed by atoms with Crippen LogP contribution < -0.4 is 15.0 Å². The molecule has 2 aromatic carbocycles. The summed E-state index contributed by atoms with van der Waals surface area (Å²) in [7, 11) is 0. The van der Waals surface area contributed by atoms with Crippen molar-refractivity contribution in [2.45, 2.75) is 46.0 Å². The Morgan fingerprint density at radius 1 is 1.06 bits per heavy atom. The number of fused-ring (bicyclic) bond motifs is 1. The zero-order valence-corrected chi connectivity index (χ0v) is 19.8. The van der Waals surface area contributed by atoms with E-state index in [9.17, 15) is 9.59 Å². The molecule has 6 heteroatoms. The summed E-state index contributed by atoms with van der Waals surface area (Å²) in [6.07, 6.45) is 5.41. The normalized spacial score (nSPS) is 16.5. The highest BCUT2D eigenvalue weighted by Crippen LogP contribution is 2.30. The lowest BCUT2D eigenvalue weighted by molar-refractivity contribution is -0.118. The Bertz CT molecular complexity index is 965. The number of carbonyl (C=O) groups is 2. The number of aryl methyl sites for hydroxylation is 1. The molecule has 0 spiro atoms. The van der Waals surface area contributed by atoms with E-state index in [0.29, 0.717) is 13.2 Å². The van der Waals surface area contributed by atoms with Gasteiger partial charge < -0.3 is 15.0 Å². The van der Waals surface area contributed by atoms with Crippen LogP contribution in [0.1, 0.15) is 44.2 Å². The van der Waals surface area contributed by atoms with Crippen LogP contribution in [0.15, 0.2) is 42.5 Å². The largest absolute Gasteiger partial charge is 0.494 e. The first kappa shape index (κ1) is 23.3. The van der Waals surface area contributed by atoms with Crippen molar-refractivity contribution < 1.29 is 14.3 Å². The smallest absolute Gasteiger partial charge is 0.238 e. The minimum atomic E-state index is 0.0317. The lowest BCUT2D eigenvalue weighted by atomic mass is 9.90. The average Bonchev–Trinajstić information content (AvgIpc) is 3.23. The van der Waals surface area contributed by atoms with Crippen molar-refractivity contribution >= 4 is 23.2 Å². The van der Waals surface area contributed by atoms with Crippen molar-refractivity contribution in [3.63, 3.8) is 0 Å². The zero-order valence-electron chi connectivity index (χ0n) is 19.8. The van der Waals surface area contributed by atoms with Gasteiger partial charge in [-0.05, 0) is 99.5 Å². The Morgan fingerprint density at radius 2 is 1.82 bits per heavy atom. The number of hydrogen-bond donors (Lipinski definition) is 1. The molecular formula is C27H35N3O3. The molecule has 1 fully saturated rings. The summed E-state index contributed by atoms with van der Waals surface area (Å²) in [4.78, 5) is 28.4. The third kappa shape index (κ3) is 6.14. The van der Waals surface area contributed by atoms with Crippen LogP contribution in [0.25, 0.3) is 0 Å². The SMILES string of the molecule is CCOc1ccc(CCC2CCN(CC(=O)Nc3ccc4c(c3)CCN4C(C)=O)CC2)cc1. The molecule has 0 radical (unpaired) electrons. The Hall–Kier alpha value is -2.86. The maximum absolute atomic E-state index is 12.6. The van der Waals surface area contributed by atoms with Crippen LogP contribution in [-0.4, -0.2) is 49.5 Å². The summed E-state index contributed by atoms with van der Waals surface area (Å²) in [6, 6.07) is 14.3. The Morgan fingerprint density at radius 3 is 2.52 bits per heavy atom. The van der Waals surface area contributed by atoms with Gasteiger partial charge in [0.1, 0.15) is 5.75 Å². The highest BCUT2D eigenvalue weighted by atomic mass is 16.5. The first-order valence-electron chi connectivity index (χ1n) is 12.2. The van der Waals surface area contributed by atoms with Crippen molar-refractivity contribution in [3.8, 4) is 5.75 Å². The molecule has 33 heavy (non-hydrogen) atoms. The molecule has 0 aliphatic carbocycles. The lowest BCUT2D eigenvalue weighted by Gasteiger charge is -2.31. The van der Waals surface area contributed by atoms with E-state index in [1.54, 1.807) is 11.8 Å². The molecule has 1 saturated heterocycles. The topological polar surface area (TPSA) is 61.9 Å². The fraction of sp³-hybridized carbons (Fsp3) is 0.481. The van der Waals surface area contributed by atoms with Crippen LogP contribution in [-0.2, 0) is 22.4 Å². The molecule has 0 atom stereocenters. The summed E-state index contributed by atoms with van der Waals surface area (Å²) in [5, 5.41) is 3.04. The highest BCUT2D eigenvalue weighted by Gasteiger charge is 2.23. The molecule has 2 aliphatic heterocycles. The molecule has 0 bridgehead atoms. The number of rotatable bonds is 8. The van der Waals surface area contributed by atoms with Gasteiger partial charge in [0.15, 0.2) is 0 Å². The lowest BCUT2D eigenvalue weighted by Crippen LogP contribution is -2.39. The molecule has 0 saturated carbocycles. The number of ether oxygens (including phenoxy) is 1. The summed E-state index contributed by atoms with van der Waals surface area (Å²) >= 11 is 0. The van der Waals surface area contributed by atoms with Crippen LogP contribution >= 0.6 is 0 Å². The molecule has 2 aromatic rings. The summed E-state index contributed by atoms with van der Waals surface area (Å²) in [6.45, 7) is 7.38. The maximum atomic E-state index is 12.6. The first-order valence-corrected chi connectivity index (χ1v) is 12.2. The zero-order chi connectivity index (χ0) is 23.2. The molecule has 2 heterocycles. The van der Waals surface area contributed by atoms with Gasteiger partial charge in [0.2, 0.25) is 11.8 Å². The van der Waals surface area contributed by atoms with E-state index in [4.69, 9.17) is 4.74 Å². The fourth-order valence-electron chi connectivity index (χ4n) is 4.93. The van der Waals surface area contributed by atoms with Gasteiger partial charge in [0.25, 0.3) is 0 Å². The van der Waals surface area contributed by atoms with E-state index in [0.717, 1.165) is 73.9 Å². The van der Waals surface area contributed by atoms with Crippen molar-refractivity contribution in [2.75, 3.05) is 43.0 Å². The van der Waals surface area contributed by atoms with E-state index >= 15 is 0 Å². The maximum Gasteiger partial charge on any atom is 0.238 e. The number of piperidine rings is 1. The second-order valence-corrected chi connectivity index (χ2v) is 9.15. The quantitative estimate of drug-likeness (QED) is 0.654. The molecule has 0 aromatic heterocycles. The molecule has 1 N–H and O–H groups in total. The Balaban J connectivity index is 1.18. The molecular weight excluding hydrogens is 414 g/mol. The molecule has 0 unspecified atom stereocenters. The fourth-order valence-corrected chi connectivity index (χ4v) is 4.93. The van der Waals surface area contributed by atoms with Gasteiger partial charge in [-0.2, -0.15) is 0 Å². The Labute approximate surface area is 196 Å². The van der Waals surface area contributed by atoms with Gasteiger partial charge in [-0.25, -0.2) is 0 Å². The molecule has 4 rings (SSSR count). The van der Waals surface area contributed by atoms with Gasteiger partial charge in [-0.3, -0.25) is 14.5 Å². The number of amides is 2. The minimum Gasteiger partial charge on any atom is -0.494 e. The highest BCUT2D eigenvalue weighted by molar-refractivity contribution is 5.96. The number of benzene rings is 2. The summed E-state index contributed by atoms with van der Waals surface area (Å²) in [5.74, 6) is 1.75. The number of hydrogen-bond acceptors (Lipinski definition) is 4. The molecule has 2 amide bonds. The van der Waals surface area contributed by atoms with Crippen molar-refractivity contribution in [3.05, 3.63) is 53.6 Å². The predicted molar refractivity (Wildman–Crippen MR) is 132 cm³/mol. The molecule has 6 nitrogen and oxygen atoms in total. The predicted octanol–water partition coefficient (Wildman–Crippen LogP) is 4.28. The van der Waals surface area contributed by atoms with Crippen LogP contribution in [0.3, 0.4) is 0 Å². The first-order chi connectivity index (χ1) is 16.0. The summed E-state index contributed by atoms with van der Waals surface area (Å²) < 4.78 is 5.52. The van der Waals surface area contributed by atoms with Crippen LogP contribution in [0.5, 0.6) is 5.75 Å². The van der Waals surface area contributed by atoms with E-state index in [1.165, 1.54) is 12.0 Å². The number of nitrogens with zero attached hydrogens (tertiary/aromatic N) is 2. The molecule has 2 aliphatic rings. The monoisotopic (exact) mass is 449 g/mol. The van der Waals surface area contributed by atoms with E-state index in [2.05, 4.69) is 34.5 Å². The Kier molecular flexibility index (Phi) is 7.65. The van der Waals surface area contributed by atoms with Gasteiger partial charge >= 0.3 is 0 Å². The number of anilines is 2. The van der Waals surface area contributed by atoms with E-state index in [-0.39, 0.29) is 11.8 Å². The van der Waals surface area contributed by atoms with Crippen molar-refractivity contribution in [2.24, 2.45) is 5.92 Å². The molecule has 176 valence electrons. The number of carbonyl (C=O) groups excluding carboxylic acids is 2. The van der Waals surface area contributed by atoms with Crippen LogP contribution in [0.4, 0.5) is 11.4 Å². The average molecular weight is 450 g/mol. The van der Waals surface area contributed by atoms with Gasteiger partial charge in [-0.15, -0.1) is 0 Å². The number of likely N-dealkylation sites (tertiary alicyclic amines) is 1. The van der Waals surface area contributed by atoms with Gasteiger partial charge in [0, 0.05) is 24.8 Å².